The minimum atomic E-state index is -0.436. The van der Waals surface area contributed by atoms with Gasteiger partial charge in [-0.05, 0) is 19.3 Å². The molecule has 1 aromatic heterocycles. The number of carbonyl (C=O) groups excluding carboxylic acids is 1. The van der Waals surface area contributed by atoms with Gasteiger partial charge < -0.3 is 15.8 Å². The van der Waals surface area contributed by atoms with E-state index in [9.17, 15) is 4.79 Å². The number of nitrogens with one attached hydrogen (secondary N) is 1. The lowest BCUT2D eigenvalue weighted by Crippen LogP contribution is -2.49. The van der Waals surface area contributed by atoms with Gasteiger partial charge in [-0.2, -0.15) is 0 Å². The zero-order valence-electron chi connectivity index (χ0n) is 12.8. The van der Waals surface area contributed by atoms with Gasteiger partial charge in [-0.25, -0.2) is 4.98 Å². The van der Waals surface area contributed by atoms with Crippen molar-refractivity contribution in [3.05, 3.63) is 16.1 Å². The first kappa shape index (κ1) is 21.6. The normalized spacial score (nSPS) is 16.3. The fourth-order valence-corrected chi connectivity index (χ4v) is 3.18. The number of hydrogen-bond donors (Lipinski definition) is 2. The fourth-order valence-electron chi connectivity index (χ4n) is 2.40. The van der Waals surface area contributed by atoms with E-state index in [0.717, 1.165) is 23.5 Å². The van der Waals surface area contributed by atoms with E-state index in [0.29, 0.717) is 39.1 Å². The van der Waals surface area contributed by atoms with Gasteiger partial charge in [0.05, 0.1) is 16.1 Å². The zero-order chi connectivity index (χ0) is 14.4. The Morgan fingerprint density at radius 3 is 2.68 bits per heavy atom. The highest BCUT2D eigenvalue weighted by Gasteiger charge is 2.38. The predicted molar refractivity (Wildman–Crippen MR) is 94.2 cm³/mol. The van der Waals surface area contributed by atoms with Gasteiger partial charge in [0.25, 0.3) is 0 Å². The van der Waals surface area contributed by atoms with E-state index in [1.54, 1.807) is 11.3 Å². The molecule has 1 saturated heterocycles. The van der Waals surface area contributed by atoms with Gasteiger partial charge in [0.2, 0.25) is 5.91 Å². The summed E-state index contributed by atoms with van der Waals surface area (Å²) in [4.78, 5) is 16.8. The topological polar surface area (TPSA) is 77.2 Å². The van der Waals surface area contributed by atoms with Crippen LogP contribution >= 0.6 is 36.2 Å². The van der Waals surface area contributed by atoms with Gasteiger partial charge in [0, 0.05) is 38.1 Å². The Labute approximate surface area is 148 Å². The number of ether oxygens (including phenoxy) is 1. The standard InChI is InChI=1S/C14H23N3O2S.2ClH/c1-2-12-17-11(9-20-12)3-6-16-13(18)14(10-15)4-7-19-8-5-14;;/h9H,2-8,10,15H2,1H3,(H,16,18);2*1H. The monoisotopic (exact) mass is 369 g/mol. The minimum absolute atomic E-state index is 0. The lowest BCUT2D eigenvalue weighted by Gasteiger charge is -2.34. The largest absolute Gasteiger partial charge is 0.381 e. The summed E-state index contributed by atoms with van der Waals surface area (Å²) in [5, 5.41) is 6.23. The lowest BCUT2D eigenvalue weighted by molar-refractivity contribution is -0.135. The van der Waals surface area contributed by atoms with E-state index in [1.807, 2.05) is 0 Å². The highest BCUT2D eigenvalue weighted by Crippen LogP contribution is 2.29. The smallest absolute Gasteiger partial charge is 0.227 e. The van der Waals surface area contributed by atoms with Crippen molar-refractivity contribution in [2.24, 2.45) is 11.1 Å². The van der Waals surface area contributed by atoms with E-state index >= 15 is 0 Å². The quantitative estimate of drug-likeness (QED) is 0.803. The van der Waals surface area contributed by atoms with Crippen molar-refractivity contribution >= 4 is 42.1 Å². The van der Waals surface area contributed by atoms with Crippen LogP contribution in [0.1, 0.15) is 30.5 Å². The maximum Gasteiger partial charge on any atom is 0.227 e. The number of carbonyl (C=O) groups is 1. The van der Waals surface area contributed by atoms with Gasteiger partial charge >= 0.3 is 0 Å². The Kier molecular flexibility index (Phi) is 10.2. The molecule has 1 aliphatic rings. The summed E-state index contributed by atoms with van der Waals surface area (Å²) in [6.45, 7) is 4.35. The van der Waals surface area contributed by atoms with Crippen LogP contribution in [-0.2, 0) is 22.4 Å². The first-order valence-electron chi connectivity index (χ1n) is 7.19. The average molecular weight is 370 g/mol. The molecule has 2 heterocycles. The van der Waals surface area contributed by atoms with Crippen LogP contribution in [0.5, 0.6) is 0 Å². The molecule has 0 bridgehead atoms. The van der Waals surface area contributed by atoms with Gasteiger partial charge in [-0.3, -0.25) is 4.79 Å². The van der Waals surface area contributed by atoms with Crippen molar-refractivity contribution in [2.75, 3.05) is 26.3 Å². The summed E-state index contributed by atoms with van der Waals surface area (Å²) < 4.78 is 5.32. The van der Waals surface area contributed by atoms with Crippen molar-refractivity contribution in [3.8, 4) is 0 Å². The first-order valence-corrected chi connectivity index (χ1v) is 8.07. The molecule has 0 spiro atoms. The van der Waals surface area contributed by atoms with Crippen LogP contribution in [0.3, 0.4) is 0 Å². The number of thiazole rings is 1. The second kappa shape index (κ2) is 10.4. The molecule has 0 aromatic carbocycles. The van der Waals surface area contributed by atoms with Gasteiger partial charge in [-0.15, -0.1) is 36.2 Å². The molecule has 0 aliphatic carbocycles. The molecule has 0 atom stereocenters. The molecule has 5 nitrogen and oxygen atoms in total. The summed E-state index contributed by atoms with van der Waals surface area (Å²) >= 11 is 1.68. The van der Waals surface area contributed by atoms with Crippen molar-refractivity contribution in [1.82, 2.24) is 10.3 Å². The number of aryl methyl sites for hydroxylation is 1. The summed E-state index contributed by atoms with van der Waals surface area (Å²) in [5.41, 5.74) is 6.44. The fraction of sp³-hybridized carbons (Fsp3) is 0.714. The van der Waals surface area contributed by atoms with E-state index in [1.165, 1.54) is 0 Å². The Morgan fingerprint density at radius 2 is 2.14 bits per heavy atom. The molecular weight excluding hydrogens is 345 g/mol. The molecule has 1 fully saturated rings. The molecule has 0 saturated carbocycles. The van der Waals surface area contributed by atoms with Crippen molar-refractivity contribution in [1.29, 1.82) is 0 Å². The summed E-state index contributed by atoms with van der Waals surface area (Å²) in [6.07, 6.45) is 3.17. The third-order valence-electron chi connectivity index (χ3n) is 3.89. The molecule has 22 heavy (non-hydrogen) atoms. The van der Waals surface area contributed by atoms with Crippen LogP contribution in [0.15, 0.2) is 5.38 Å². The maximum atomic E-state index is 12.3. The molecule has 1 aromatic rings. The molecule has 0 unspecified atom stereocenters. The number of hydrogen-bond acceptors (Lipinski definition) is 5. The molecule has 3 N–H and O–H groups in total. The second-order valence-electron chi connectivity index (χ2n) is 5.19. The van der Waals surface area contributed by atoms with E-state index in [-0.39, 0.29) is 30.7 Å². The van der Waals surface area contributed by atoms with Crippen LogP contribution < -0.4 is 11.1 Å². The van der Waals surface area contributed by atoms with E-state index < -0.39 is 5.41 Å². The summed E-state index contributed by atoms with van der Waals surface area (Å²) in [7, 11) is 0. The second-order valence-corrected chi connectivity index (χ2v) is 6.13. The molecule has 128 valence electrons. The summed E-state index contributed by atoms with van der Waals surface area (Å²) in [5.74, 6) is 0.0641. The lowest BCUT2D eigenvalue weighted by atomic mass is 9.79. The number of aromatic nitrogens is 1. The zero-order valence-corrected chi connectivity index (χ0v) is 15.2. The van der Waals surface area contributed by atoms with Gasteiger partial charge in [-0.1, -0.05) is 6.92 Å². The molecule has 8 heteroatoms. The van der Waals surface area contributed by atoms with Crippen molar-refractivity contribution < 1.29 is 9.53 Å². The third kappa shape index (κ3) is 5.35. The van der Waals surface area contributed by atoms with E-state index in [2.05, 4.69) is 22.6 Å². The number of nitrogens with zero attached hydrogens (tertiary/aromatic N) is 1. The molecule has 0 radical (unpaired) electrons. The first-order chi connectivity index (χ1) is 9.70. The Bertz CT molecular complexity index is 451. The average Bonchev–Trinajstić information content (AvgIpc) is 2.95. The predicted octanol–water partition coefficient (Wildman–Crippen LogP) is 1.96. The van der Waals surface area contributed by atoms with E-state index in [4.69, 9.17) is 10.5 Å². The van der Waals surface area contributed by atoms with Crippen molar-refractivity contribution in [3.63, 3.8) is 0 Å². The van der Waals surface area contributed by atoms with Gasteiger partial charge in [0.15, 0.2) is 0 Å². The maximum absolute atomic E-state index is 12.3. The minimum Gasteiger partial charge on any atom is -0.381 e. The van der Waals surface area contributed by atoms with Crippen LogP contribution in [0, 0.1) is 5.41 Å². The number of nitrogens with two attached hydrogens (primary N) is 1. The summed E-state index contributed by atoms with van der Waals surface area (Å²) in [6, 6.07) is 0. The third-order valence-corrected chi connectivity index (χ3v) is 4.93. The Morgan fingerprint density at radius 1 is 1.45 bits per heavy atom. The van der Waals surface area contributed by atoms with Crippen LogP contribution in [0.25, 0.3) is 0 Å². The van der Waals surface area contributed by atoms with Crippen LogP contribution in [0.4, 0.5) is 0 Å². The SMILES string of the molecule is CCc1nc(CCNC(=O)C2(CN)CCOCC2)cs1.Cl.Cl. The Hall–Kier alpha value is -0.400. The molecule has 2 rings (SSSR count). The molecular formula is C14H25Cl2N3O2S. The molecule has 1 aliphatic heterocycles. The molecule has 1 amide bonds. The van der Waals surface area contributed by atoms with Crippen LogP contribution in [-0.4, -0.2) is 37.2 Å². The van der Waals surface area contributed by atoms with Crippen LogP contribution in [0.2, 0.25) is 0 Å². The Balaban J connectivity index is 0.00000220. The number of halogens is 2. The van der Waals surface area contributed by atoms with Crippen molar-refractivity contribution in [2.45, 2.75) is 32.6 Å². The number of amides is 1. The number of rotatable bonds is 6. The highest BCUT2D eigenvalue weighted by atomic mass is 35.5. The van der Waals surface area contributed by atoms with Gasteiger partial charge in [0.1, 0.15) is 0 Å². The highest BCUT2D eigenvalue weighted by molar-refractivity contribution is 7.09.